The maximum absolute atomic E-state index is 12.4. The lowest BCUT2D eigenvalue weighted by Crippen LogP contribution is -2.45. The van der Waals surface area contributed by atoms with E-state index in [0.717, 1.165) is 12.8 Å². The number of carbonyl (C=O) groups is 1. The van der Waals surface area contributed by atoms with Crippen molar-refractivity contribution in [3.05, 3.63) is 29.8 Å². The van der Waals surface area contributed by atoms with E-state index >= 15 is 0 Å². The number of sulfone groups is 1. The van der Waals surface area contributed by atoms with Crippen molar-refractivity contribution < 1.29 is 17.9 Å². The minimum atomic E-state index is -3.37. The van der Waals surface area contributed by atoms with Crippen LogP contribution in [0.1, 0.15) is 23.2 Å². The van der Waals surface area contributed by atoms with Crippen LogP contribution in [-0.2, 0) is 14.6 Å². The van der Waals surface area contributed by atoms with Crippen LogP contribution in [0.4, 0.5) is 0 Å². The third kappa shape index (κ3) is 4.06. The quantitative estimate of drug-likeness (QED) is 0.859. The van der Waals surface area contributed by atoms with Gasteiger partial charge < -0.3 is 15.4 Å². The number of methoxy groups -OCH3 is 1. The van der Waals surface area contributed by atoms with E-state index in [4.69, 9.17) is 10.5 Å². The van der Waals surface area contributed by atoms with Crippen LogP contribution < -0.4 is 5.73 Å². The molecule has 0 bridgehead atoms. The molecule has 0 spiro atoms. The molecule has 0 aliphatic carbocycles. The van der Waals surface area contributed by atoms with E-state index in [1.54, 1.807) is 17.0 Å². The summed E-state index contributed by atoms with van der Waals surface area (Å²) in [6.07, 6.45) is 1.83. The summed E-state index contributed by atoms with van der Waals surface area (Å²) in [7, 11) is -1.91. The number of carbonyl (C=O) groups excluding carboxylic acids is 1. The Kier molecular flexibility index (Phi) is 5.55. The molecule has 1 aliphatic rings. The lowest BCUT2D eigenvalue weighted by atomic mass is 10.1. The average molecular weight is 326 g/mol. The van der Waals surface area contributed by atoms with E-state index in [9.17, 15) is 13.2 Å². The fourth-order valence-electron chi connectivity index (χ4n) is 2.49. The monoisotopic (exact) mass is 326 g/mol. The fourth-order valence-corrected chi connectivity index (χ4v) is 3.67. The molecule has 1 aromatic carbocycles. The van der Waals surface area contributed by atoms with Gasteiger partial charge in [-0.15, -0.1) is 0 Å². The Morgan fingerprint density at radius 3 is 2.64 bits per heavy atom. The van der Waals surface area contributed by atoms with E-state index in [1.165, 1.54) is 19.2 Å². The van der Waals surface area contributed by atoms with Crippen LogP contribution in [0.2, 0.25) is 0 Å². The van der Waals surface area contributed by atoms with Crippen molar-refractivity contribution in [1.29, 1.82) is 0 Å². The van der Waals surface area contributed by atoms with Gasteiger partial charge in [-0.1, -0.05) is 0 Å². The van der Waals surface area contributed by atoms with Gasteiger partial charge in [-0.25, -0.2) is 8.42 Å². The second kappa shape index (κ2) is 7.21. The van der Waals surface area contributed by atoms with Crippen LogP contribution >= 0.6 is 0 Å². The minimum Gasteiger partial charge on any atom is -0.384 e. The lowest BCUT2D eigenvalue weighted by molar-refractivity contribution is 0.0708. The topological polar surface area (TPSA) is 89.7 Å². The maximum atomic E-state index is 12.4. The van der Waals surface area contributed by atoms with Crippen LogP contribution in [-0.4, -0.2) is 57.8 Å². The predicted molar refractivity (Wildman–Crippen MR) is 83.5 cm³/mol. The standard InChI is InChI=1S/C15H22N2O4S/c1-21-9-10-22(19,20)14-6-4-12(5-7-14)15(18)17-8-2-3-13(16)11-17/h4-7,13H,2-3,8-11,16H2,1H3. The van der Waals surface area contributed by atoms with E-state index < -0.39 is 9.84 Å². The predicted octanol–water partition coefficient (Wildman–Crippen LogP) is 0.670. The molecule has 1 unspecified atom stereocenters. The number of benzene rings is 1. The number of hydrogen-bond donors (Lipinski definition) is 1. The molecule has 122 valence electrons. The summed E-state index contributed by atoms with van der Waals surface area (Å²) in [4.78, 5) is 14.3. The second-order valence-electron chi connectivity index (χ2n) is 5.49. The molecule has 2 rings (SSSR count). The first-order valence-electron chi connectivity index (χ1n) is 7.30. The lowest BCUT2D eigenvalue weighted by Gasteiger charge is -2.30. The van der Waals surface area contributed by atoms with Crippen molar-refractivity contribution in [2.75, 3.05) is 32.6 Å². The average Bonchev–Trinajstić information content (AvgIpc) is 2.52. The van der Waals surface area contributed by atoms with E-state index in [0.29, 0.717) is 18.7 Å². The Morgan fingerprint density at radius 2 is 2.05 bits per heavy atom. The molecule has 1 atom stereocenters. The van der Waals surface area contributed by atoms with Gasteiger partial charge in [0, 0.05) is 31.8 Å². The van der Waals surface area contributed by atoms with Crippen LogP contribution in [0.15, 0.2) is 29.2 Å². The highest BCUT2D eigenvalue weighted by atomic mass is 32.2. The molecular weight excluding hydrogens is 304 g/mol. The van der Waals surface area contributed by atoms with E-state index in [2.05, 4.69) is 0 Å². The van der Waals surface area contributed by atoms with Crippen LogP contribution in [0.25, 0.3) is 0 Å². The fraction of sp³-hybridized carbons (Fsp3) is 0.533. The van der Waals surface area contributed by atoms with Crippen molar-refractivity contribution in [3.8, 4) is 0 Å². The van der Waals surface area contributed by atoms with Gasteiger partial charge in [0.2, 0.25) is 0 Å². The molecule has 1 aliphatic heterocycles. The zero-order chi connectivity index (χ0) is 16.2. The number of amides is 1. The summed E-state index contributed by atoms with van der Waals surface area (Å²) in [5, 5.41) is 0. The highest BCUT2D eigenvalue weighted by molar-refractivity contribution is 7.91. The first-order chi connectivity index (χ1) is 10.4. The number of rotatable bonds is 5. The van der Waals surface area contributed by atoms with E-state index in [1.807, 2.05) is 0 Å². The van der Waals surface area contributed by atoms with Gasteiger partial charge in [-0.2, -0.15) is 0 Å². The minimum absolute atomic E-state index is 0.0198. The summed E-state index contributed by atoms with van der Waals surface area (Å²) in [5.41, 5.74) is 6.37. The molecule has 1 amide bonds. The second-order valence-corrected chi connectivity index (χ2v) is 7.60. The highest BCUT2D eigenvalue weighted by Gasteiger charge is 2.23. The van der Waals surface area contributed by atoms with Crippen LogP contribution in [0.5, 0.6) is 0 Å². The third-order valence-electron chi connectivity index (χ3n) is 3.76. The SMILES string of the molecule is COCCS(=O)(=O)c1ccc(C(=O)N2CCCC(N)C2)cc1. The Morgan fingerprint density at radius 1 is 1.36 bits per heavy atom. The van der Waals surface area contributed by atoms with Crippen molar-refractivity contribution in [3.63, 3.8) is 0 Å². The summed E-state index contributed by atoms with van der Waals surface area (Å²) in [5.74, 6) is -0.173. The highest BCUT2D eigenvalue weighted by Crippen LogP contribution is 2.16. The molecule has 22 heavy (non-hydrogen) atoms. The van der Waals surface area contributed by atoms with Gasteiger partial charge in [0.05, 0.1) is 17.3 Å². The normalized spacial score (nSPS) is 19.2. The molecule has 0 aromatic heterocycles. The van der Waals surface area contributed by atoms with Crippen molar-refractivity contribution in [2.24, 2.45) is 5.73 Å². The summed E-state index contributed by atoms with van der Waals surface area (Å²) in [6.45, 7) is 1.39. The zero-order valence-electron chi connectivity index (χ0n) is 12.7. The maximum Gasteiger partial charge on any atom is 0.253 e. The number of hydrogen-bond acceptors (Lipinski definition) is 5. The van der Waals surface area contributed by atoms with Gasteiger partial charge in [0.1, 0.15) is 0 Å². The molecule has 0 saturated carbocycles. The molecule has 1 heterocycles. The molecule has 1 aromatic rings. The Labute approximate surface area is 131 Å². The Hall–Kier alpha value is -1.44. The Balaban J connectivity index is 2.10. The summed E-state index contributed by atoms with van der Waals surface area (Å²) in [6, 6.07) is 6.08. The largest absolute Gasteiger partial charge is 0.384 e. The van der Waals surface area contributed by atoms with Gasteiger partial charge in [0.15, 0.2) is 9.84 Å². The Bertz CT molecular complexity index is 613. The van der Waals surface area contributed by atoms with Crippen molar-refractivity contribution >= 4 is 15.7 Å². The smallest absolute Gasteiger partial charge is 0.253 e. The van der Waals surface area contributed by atoms with Crippen LogP contribution in [0.3, 0.4) is 0 Å². The third-order valence-corrected chi connectivity index (χ3v) is 5.46. The summed E-state index contributed by atoms with van der Waals surface area (Å²) >= 11 is 0. The van der Waals surface area contributed by atoms with Crippen molar-refractivity contribution in [1.82, 2.24) is 4.90 Å². The van der Waals surface area contributed by atoms with Gasteiger partial charge >= 0.3 is 0 Å². The number of nitrogens with two attached hydrogens (primary N) is 1. The van der Waals surface area contributed by atoms with Gasteiger partial charge in [-0.05, 0) is 37.1 Å². The van der Waals surface area contributed by atoms with Gasteiger partial charge in [-0.3, -0.25) is 4.79 Å². The number of likely N-dealkylation sites (tertiary alicyclic amines) is 1. The molecule has 1 saturated heterocycles. The van der Waals surface area contributed by atoms with E-state index in [-0.39, 0.29) is 29.2 Å². The molecule has 6 nitrogen and oxygen atoms in total. The molecule has 1 fully saturated rings. The zero-order valence-corrected chi connectivity index (χ0v) is 13.5. The number of piperidine rings is 1. The first-order valence-corrected chi connectivity index (χ1v) is 8.96. The molecule has 0 radical (unpaired) electrons. The van der Waals surface area contributed by atoms with Crippen molar-refractivity contribution in [2.45, 2.75) is 23.8 Å². The summed E-state index contributed by atoms with van der Waals surface area (Å²) < 4.78 is 28.8. The number of nitrogens with zero attached hydrogens (tertiary/aromatic N) is 1. The van der Waals surface area contributed by atoms with Gasteiger partial charge in [0.25, 0.3) is 5.91 Å². The molecular formula is C15H22N2O4S. The molecule has 7 heteroatoms. The molecule has 2 N–H and O–H groups in total. The number of ether oxygens (including phenoxy) is 1. The van der Waals surface area contributed by atoms with Crippen LogP contribution in [0, 0.1) is 0 Å². The first kappa shape index (κ1) is 16.9.